The molecule has 5 rings (SSSR count). The molecule has 3 atom stereocenters. The summed E-state index contributed by atoms with van der Waals surface area (Å²) >= 11 is 0. The van der Waals surface area contributed by atoms with Gasteiger partial charge >= 0.3 is 0 Å². The van der Waals surface area contributed by atoms with Gasteiger partial charge in [-0.1, -0.05) is 24.3 Å². The molecule has 1 fully saturated rings. The molecule has 0 spiro atoms. The molecule has 158 valence electrons. The summed E-state index contributed by atoms with van der Waals surface area (Å²) in [7, 11) is 0. The van der Waals surface area contributed by atoms with Crippen molar-refractivity contribution in [1.29, 1.82) is 0 Å². The van der Waals surface area contributed by atoms with Crippen molar-refractivity contribution in [3.05, 3.63) is 83.9 Å². The van der Waals surface area contributed by atoms with E-state index in [1.54, 1.807) is 12.3 Å². The number of pyridine rings is 1. The number of carbonyl (C=O) groups excluding carboxylic acids is 1. The number of hydrogen-bond donors (Lipinski definition) is 2. The number of rotatable bonds is 4. The first-order valence-corrected chi connectivity index (χ1v) is 10.6. The highest BCUT2D eigenvalue weighted by Crippen LogP contribution is 2.47. The number of hydrogen-bond acceptors (Lipinski definition) is 4. The Morgan fingerprint density at radius 3 is 2.77 bits per heavy atom. The molecule has 2 aromatic carbocycles. The largest absolute Gasteiger partial charge is 0.394 e. The second-order valence-electron chi connectivity index (χ2n) is 8.23. The van der Waals surface area contributed by atoms with Gasteiger partial charge < -0.3 is 15.3 Å². The van der Waals surface area contributed by atoms with Crippen LogP contribution in [0.2, 0.25) is 0 Å². The zero-order valence-corrected chi connectivity index (χ0v) is 17.0. The van der Waals surface area contributed by atoms with E-state index in [1.165, 1.54) is 12.1 Å². The fourth-order valence-corrected chi connectivity index (χ4v) is 4.95. The standard InChI is InChI=1S/C25H24FN3O2/c26-18-5-3-4-16(12-18)17-7-8-22-21(13-17)25-20(23(15-30)28-22)9-11-29(25)24(31)14-19-6-1-2-10-27-19/h1-8,10,12-13,20,23,25,28,30H,9,11,14-15H2/t20-,23+,25-/m0/s1. The highest BCUT2D eigenvalue weighted by Gasteiger charge is 2.45. The summed E-state index contributed by atoms with van der Waals surface area (Å²) in [5, 5.41) is 13.4. The normalized spacial score (nSPS) is 21.9. The summed E-state index contributed by atoms with van der Waals surface area (Å²) in [6.45, 7) is 0.650. The Balaban J connectivity index is 1.52. The van der Waals surface area contributed by atoms with Gasteiger partial charge in [0.2, 0.25) is 5.91 Å². The lowest BCUT2D eigenvalue weighted by atomic mass is 9.82. The van der Waals surface area contributed by atoms with Crippen molar-refractivity contribution in [3.8, 4) is 11.1 Å². The molecule has 2 aliphatic rings. The highest BCUT2D eigenvalue weighted by molar-refractivity contribution is 5.80. The van der Waals surface area contributed by atoms with Gasteiger partial charge in [-0.05, 0) is 59.5 Å². The second-order valence-corrected chi connectivity index (χ2v) is 8.23. The van der Waals surface area contributed by atoms with Crippen LogP contribution in [0.5, 0.6) is 0 Å². The van der Waals surface area contributed by atoms with Gasteiger partial charge in [0.05, 0.1) is 25.1 Å². The molecule has 0 aliphatic carbocycles. The van der Waals surface area contributed by atoms with Gasteiger partial charge in [0.15, 0.2) is 0 Å². The predicted octanol–water partition coefficient (Wildman–Crippen LogP) is 3.81. The highest BCUT2D eigenvalue weighted by atomic mass is 19.1. The number of anilines is 1. The van der Waals surface area contributed by atoms with Crippen molar-refractivity contribution in [3.63, 3.8) is 0 Å². The van der Waals surface area contributed by atoms with Gasteiger partial charge in [0.1, 0.15) is 5.82 Å². The van der Waals surface area contributed by atoms with Gasteiger partial charge in [-0.2, -0.15) is 0 Å². The molecule has 0 unspecified atom stereocenters. The van der Waals surface area contributed by atoms with Crippen LogP contribution in [0, 0.1) is 11.7 Å². The van der Waals surface area contributed by atoms with E-state index in [2.05, 4.69) is 16.4 Å². The minimum absolute atomic E-state index is 0.00846. The fourth-order valence-electron chi connectivity index (χ4n) is 4.95. The lowest BCUT2D eigenvalue weighted by Gasteiger charge is -2.39. The van der Waals surface area contributed by atoms with Crippen LogP contribution in [0.3, 0.4) is 0 Å². The van der Waals surface area contributed by atoms with Crippen LogP contribution in [0.25, 0.3) is 11.1 Å². The summed E-state index contributed by atoms with van der Waals surface area (Å²) in [4.78, 5) is 19.5. The van der Waals surface area contributed by atoms with Crippen LogP contribution in [-0.4, -0.2) is 40.1 Å². The van der Waals surface area contributed by atoms with Crippen LogP contribution in [0.1, 0.15) is 23.7 Å². The molecule has 6 heteroatoms. The third-order valence-corrected chi connectivity index (χ3v) is 6.41. The maximum absolute atomic E-state index is 13.8. The molecule has 0 bridgehead atoms. The molecule has 3 heterocycles. The van der Waals surface area contributed by atoms with Crippen LogP contribution in [0.15, 0.2) is 66.9 Å². The summed E-state index contributed by atoms with van der Waals surface area (Å²) in [6, 6.07) is 17.8. The van der Waals surface area contributed by atoms with Crippen LogP contribution >= 0.6 is 0 Å². The molecule has 0 saturated carbocycles. The Morgan fingerprint density at radius 2 is 2.00 bits per heavy atom. The number of carbonyl (C=O) groups is 1. The van der Waals surface area contributed by atoms with E-state index in [-0.39, 0.29) is 42.8 Å². The van der Waals surface area contributed by atoms with E-state index in [4.69, 9.17) is 0 Å². The third kappa shape index (κ3) is 3.68. The second kappa shape index (κ2) is 8.12. The predicted molar refractivity (Wildman–Crippen MR) is 117 cm³/mol. The Morgan fingerprint density at radius 1 is 1.13 bits per heavy atom. The molecule has 0 radical (unpaired) electrons. The molecular weight excluding hydrogens is 393 g/mol. The Kier molecular flexibility index (Phi) is 5.16. The number of fused-ring (bicyclic) bond motifs is 3. The molecular formula is C25H24FN3O2. The molecule has 5 nitrogen and oxygen atoms in total. The summed E-state index contributed by atoms with van der Waals surface area (Å²) in [6.07, 6.45) is 2.77. The van der Waals surface area contributed by atoms with Gasteiger partial charge in [0, 0.05) is 30.0 Å². The van der Waals surface area contributed by atoms with E-state index >= 15 is 0 Å². The Bertz CT molecular complexity index is 1100. The minimum atomic E-state index is -0.278. The Hall–Kier alpha value is -3.25. The van der Waals surface area contributed by atoms with E-state index in [0.717, 1.165) is 34.5 Å². The number of nitrogens with one attached hydrogen (secondary N) is 1. The lowest BCUT2D eigenvalue weighted by Crippen LogP contribution is -2.43. The number of likely N-dealkylation sites (tertiary alicyclic amines) is 1. The van der Waals surface area contributed by atoms with Gasteiger partial charge in [-0.25, -0.2) is 4.39 Å². The molecule has 2 N–H and O–H groups in total. The van der Waals surface area contributed by atoms with Gasteiger partial charge in [0.25, 0.3) is 0 Å². The fraction of sp³-hybridized carbons (Fsp3) is 0.280. The number of aromatic nitrogens is 1. The van der Waals surface area contributed by atoms with Gasteiger partial charge in [-0.3, -0.25) is 9.78 Å². The number of aliphatic hydroxyl groups excluding tert-OH is 1. The summed E-state index contributed by atoms with van der Waals surface area (Å²) < 4.78 is 13.8. The van der Waals surface area contributed by atoms with Crippen molar-refractivity contribution in [2.75, 3.05) is 18.5 Å². The molecule has 31 heavy (non-hydrogen) atoms. The van der Waals surface area contributed by atoms with Crippen LogP contribution < -0.4 is 5.32 Å². The molecule has 1 amide bonds. The zero-order valence-electron chi connectivity index (χ0n) is 17.0. The monoisotopic (exact) mass is 417 g/mol. The molecule has 2 aliphatic heterocycles. The van der Waals surface area contributed by atoms with Crippen molar-refractivity contribution in [2.24, 2.45) is 5.92 Å². The van der Waals surface area contributed by atoms with E-state index in [9.17, 15) is 14.3 Å². The first-order valence-electron chi connectivity index (χ1n) is 10.6. The first-order chi connectivity index (χ1) is 15.1. The zero-order chi connectivity index (χ0) is 21.4. The van der Waals surface area contributed by atoms with E-state index in [1.807, 2.05) is 41.3 Å². The molecule has 1 saturated heterocycles. The number of benzene rings is 2. The van der Waals surface area contributed by atoms with Crippen LogP contribution in [-0.2, 0) is 11.2 Å². The maximum Gasteiger partial charge on any atom is 0.229 e. The third-order valence-electron chi connectivity index (χ3n) is 6.41. The van der Waals surface area contributed by atoms with E-state index < -0.39 is 0 Å². The number of nitrogens with zero attached hydrogens (tertiary/aromatic N) is 2. The van der Waals surface area contributed by atoms with Crippen LogP contribution in [0.4, 0.5) is 10.1 Å². The minimum Gasteiger partial charge on any atom is -0.394 e. The molecule has 1 aromatic heterocycles. The van der Waals surface area contributed by atoms with Crippen molar-refractivity contribution in [2.45, 2.75) is 24.9 Å². The SMILES string of the molecule is O=C(Cc1ccccn1)N1CC[C@@H]2[C@H]1c1cc(-c3cccc(F)c3)ccc1N[C@@H]2CO. The number of aliphatic hydroxyl groups is 1. The smallest absolute Gasteiger partial charge is 0.229 e. The number of amides is 1. The quantitative estimate of drug-likeness (QED) is 0.678. The topological polar surface area (TPSA) is 65.5 Å². The lowest BCUT2D eigenvalue weighted by molar-refractivity contribution is -0.132. The summed E-state index contributed by atoms with van der Waals surface area (Å²) in [5.41, 5.74) is 4.39. The van der Waals surface area contributed by atoms with Crippen molar-refractivity contribution >= 4 is 11.6 Å². The molecule has 3 aromatic rings. The summed E-state index contributed by atoms with van der Waals surface area (Å²) in [5.74, 6) is -0.126. The van der Waals surface area contributed by atoms with Gasteiger partial charge in [-0.15, -0.1) is 0 Å². The van der Waals surface area contributed by atoms with Crippen molar-refractivity contribution < 1.29 is 14.3 Å². The maximum atomic E-state index is 13.8. The van der Waals surface area contributed by atoms with E-state index in [0.29, 0.717) is 6.54 Å². The average molecular weight is 417 g/mol. The average Bonchev–Trinajstić information content (AvgIpc) is 3.25. The van der Waals surface area contributed by atoms with Crippen molar-refractivity contribution in [1.82, 2.24) is 9.88 Å². The Labute approximate surface area is 180 Å². The first kappa shape index (κ1) is 19.7. The number of halogens is 1.